The van der Waals surface area contributed by atoms with Gasteiger partial charge in [0, 0.05) is 0 Å². The number of carbonyl (C=O) groups excluding carboxylic acids is 4. The van der Waals surface area contributed by atoms with Crippen LogP contribution in [0.4, 0.5) is 9.80 Å². The summed E-state index contributed by atoms with van der Waals surface area (Å²) in [5, 5.41) is 7.41. The van der Waals surface area contributed by atoms with E-state index in [1.807, 2.05) is 24.3 Å². The number of hydrogen-bond acceptors (Lipinski definition) is 6. The third-order valence-electron chi connectivity index (χ3n) is 5.37. The smallest absolute Gasteiger partial charge is 0.341 e. The van der Waals surface area contributed by atoms with Crippen molar-refractivity contribution in [1.82, 2.24) is 10.2 Å². The Morgan fingerprint density at radius 2 is 2.07 bits per heavy atom. The number of hydrogen-bond donors (Lipinski definition) is 2. The van der Waals surface area contributed by atoms with E-state index in [1.165, 1.54) is 11.3 Å². The van der Waals surface area contributed by atoms with Gasteiger partial charge in [-0.1, -0.05) is 24.3 Å². The molecule has 0 saturated carbocycles. The summed E-state index contributed by atoms with van der Waals surface area (Å²) in [5.41, 5.74) is 0.942. The molecule has 156 valence electrons. The minimum atomic E-state index is -1.12. The Balaban J connectivity index is 1.51. The van der Waals surface area contributed by atoms with Gasteiger partial charge < -0.3 is 15.4 Å². The number of rotatable bonds is 5. The number of thiophene rings is 1. The summed E-state index contributed by atoms with van der Waals surface area (Å²) in [6, 6.07) is 8.52. The van der Waals surface area contributed by atoms with Crippen LogP contribution in [0, 0.1) is 0 Å². The Morgan fingerprint density at radius 1 is 1.27 bits per heavy atom. The number of ether oxygens (including phenoxy) is 1. The number of amides is 4. The van der Waals surface area contributed by atoms with Gasteiger partial charge >= 0.3 is 12.0 Å². The Morgan fingerprint density at radius 3 is 2.87 bits per heavy atom. The number of urea groups is 1. The first-order valence-corrected chi connectivity index (χ1v) is 10.6. The Bertz CT molecular complexity index is 1030. The fraction of sp³-hybridized carbons (Fsp3) is 0.333. The Labute approximate surface area is 177 Å². The summed E-state index contributed by atoms with van der Waals surface area (Å²) in [5.74, 6) is -1.53. The quantitative estimate of drug-likeness (QED) is 0.564. The lowest BCUT2D eigenvalue weighted by Crippen LogP contribution is -2.47. The molecule has 4 amide bonds. The van der Waals surface area contributed by atoms with Crippen molar-refractivity contribution in [2.75, 3.05) is 18.5 Å². The SMILES string of the molecule is CCOC(=O)c1ccsc1NC(=O)CN1C(=O)N[C@@]2(CCCc3ccccc32)C1=O. The number of benzene rings is 1. The molecule has 8 nitrogen and oxygen atoms in total. The Hall–Kier alpha value is -3.20. The van der Waals surface area contributed by atoms with Crippen molar-refractivity contribution < 1.29 is 23.9 Å². The maximum Gasteiger partial charge on any atom is 0.341 e. The molecule has 1 saturated heterocycles. The van der Waals surface area contributed by atoms with Crippen LogP contribution in [0.15, 0.2) is 35.7 Å². The van der Waals surface area contributed by atoms with Gasteiger partial charge in [0.15, 0.2) is 0 Å². The van der Waals surface area contributed by atoms with Crippen LogP contribution in [0.5, 0.6) is 0 Å². The average molecular weight is 427 g/mol. The molecule has 1 aromatic carbocycles. The summed E-state index contributed by atoms with van der Waals surface area (Å²) in [6.07, 6.45) is 2.10. The van der Waals surface area contributed by atoms with E-state index >= 15 is 0 Å². The molecule has 2 heterocycles. The lowest BCUT2D eigenvalue weighted by atomic mass is 9.76. The summed E-state index contributed by atoms with van der Waals surface area (Å²) in [4.78, 5) is 51.4. The first-order valence-electron chi connectivity index (χ1n) is 9.73. The fourth-order valence-electron chi connectivity index (χ4n) is 4.04. The monoisotopic (exact) mass is 427 g/mol. The molecule has 30 heavy (non-hydrogen) atoms. The molecule has 1 fully saturated rings. The molecule has 1 aliphatic heterocycles. The van der Waals surface area contributed by atoms with Crippen LogP contribution >= 0.6 is 11.3 Å². The van der Waals surface area contributed by atoms with Gasteiger partial charge in [-0.25, -0.2) is 9.59 Å². The first-order chi connectivity index (χ1) is 14.5. The lowest BCUT2D eigenvalue weighted by Gasteiger charge is -2.33. The van der Waals surface area contributed by atoms with E-state index in [1.54, 1.807) is 18.4 Å². The number of esters is 1. The maximum atomic E-state index is 13.2. The van der Waals surface area contributed by atoms with Crippen LogP contribution in [0.3, 0.4) is 0 Å². The van der Waals surface area contributed by atoms with E-state index in [0.29, 0.717) is 11.4 Å². The van der Waals surface area contributed by atoms with Crippen LogP contribution in [0.2, 0.25) is 0 Å². The highest BCUT2D eigenvalue weighted by Gasteiger charge is 2.54. The highest BCUT2D eigenvalue weighted by atomic mass is 32.1. The molecule has 2 N–H and O–H groups in total. The normalized spacial score (nSPS) is 20.1. The molecular weight excluding hydrogens is 406 g/mol. The zero-order valence-electron chi connectivity index (χ0n) is 16.4. The molecule has 1 aromatic heterocycles. The first kappa shape index (κ1) is 20.1. The number of fused-ring (bicyclic) bond motifs is 2. The van der Waals surface area contributed by atoms with Gasteiger partial charge in [-0.05, 0) is 48.8 Å². The van der Waals surface area contributed by atoms with Crippen molar-refractivity contribution in [3.8, 4) is 0 Å². The molecule has 1 atom stereocenters. The number of imide groups is 1. The fourth-order valence-corrected chi connectivity index (χ4v) is 4.83. The number of carbonyl (C=O) groups is 4. The van der Waals surface area contributed by atoms with Gasteiger partial charge in [0.2, 0.25) is 5.91 Å². The standard InChI is InChI=1S/C21H21N3O5S/c1-2-29-18(26)14-9-11-30-17(14)22-16(25)12-24-19(27)21(23-20(24)28)10-5-7-13-6-3-4-8-15(13)21/h3-4,6,8-9,11H,2,5,7,10,12H2,1H3,(H,22,25)(H,23,28)/t21-/m1/s1. The molecule has 0 bridgehead atoms. The molecule has 1 spiro atoms. The molecule has 2 aliphatic rings. The van der Waals surface area contributed by atoms with Gasteiger partial charge in [-0.2, -0.15) is 0 Å². The minimum Gasteiger partial charge on any atom is -0.462 e. The van der Waals surface area contributed by atoms with Crippen molar-refractivity contribution in [3.05, 3.63) is 52.4 Å². The van der Waals surface area contributed by atoms with Gasteiger partial charge in [0.25, 0.3) is 5.91 Å². The van der Waals surface area contributed by atoms with Crippen LogP contribution in [-0.2, 0) is 26.3 Å². The number of nitrogens with zero attached hydrogens (tertiary/aromatic N) is 1. The molecule has 4 rings (SSSR count). The van der Waals surface area contributed by atoms with Crippen molar-refractivity contribution in [2.45, 2.75) is 31.7 Å². The summed E-state index contributed by atoms with van der Waals surface area (Å²) < 4.78 is 4.97. The van der Waals surface area contributed by atoms with Crippen molar-refractivity contribution >= 4 is 40.2 Å². The molecule has 2 aromatic rings. The second-order valence-corrected chi connectivity index (χ2v) is 8.09. The van der Waals surface area contributed by atoms with Crippen LogP contribution in [-0.4, -0.2) is 41.9 Å². The second kappa shape index (κ2) is 7.91. The van der Waals surface area contributed by atoms with E-state index < -0.39 is 35.9 Å². The summed E-state index contributed by atoms with van der Waals surface area (Å²) >= 11 is 1.17. The number of aryl methyl sites for hydroxylation is 1. The topological polar surface area (TPSA) is 105 Å². The lowest BCUT2D eigenvalue weighted by molar-refractivity contribution is -0.134. The van der Waals surface area contributed by atoms with Crippen LogP contribution in [0.1, 0.15) is 41.3 Å². The molecule has 9 heteroatoms. The second-order valence-electron chi connectivity index (χ2n) is 7.17. The molecule has 0 radical (unpaired) electrons. The van der Waals surface area contributed by atoms with E-state index in [-0.39, 0.29) is 12.2 Å². The van der Waals surface area contributed by atoms with Crippen LogP contribution < -0.4 is 10.6 Å². The molecule has 1 aliphatic carbocycles. The third kappa shape index (κ3) is 3.35. The van der Waals surface area contributed by atoms with Crippen molar-refractivity contribution in [2.24, 2.45) is 0 Å². The van der Waals surface area contributed by atoms with Gasteiger partial charge in [0.05, 0.1) is 12.2 Å². The van der Waals surface area contributed by atoms with Crippen molar-refractivity contribution in [3.63, 3.8) is 0 Å². The van der Waals surface area contributed by atoms with Gasteiger partial charge in [-0.15, -0.1) is 11.3 Å². The number of anilines is 1. The number of nitrogens with one attached hydrogen (secondary N) is 2. The van der Waals surface area contributed by atoms with Crippen molar-refractivity contribution in [1.29, 1.82) is 0 Å². The highest BCUT2D eigenvalue weighted by Crippen LogP contribution is 2.39. The predicted octanol–water partition coefficient (Wildman–Crippen LogP) is 2.65. The van der Waals surface area contributed by atoms with E-state index in [0.717, 1.165) is 28.9 Å². The van der Waals surface area contributed by atoms with E-state index in [9.17, 15) is 19.2 Å². The summed E-state index contributed by atoms with van der Waals surface area (Å²) in [6.45, 7) is 1.47. The zero-order valence-corrected chi connectivity index (χ0v) is 17.2. The highest BCUT2D eigenvalue weighted by molar-refractivity contribution is 7.14. The van der Waals surface area contributed by atoms with Gasteiger partial charge in [0.1, 0.15) is 17.1 Å². The van der Waals surface area contributed by atoms with Gasteiger partial charge in [-0.3, -0.25) is 14.5 Å². The maximum absolute atomic E-state index is 13.2. The largest absolute Gasteiger partial charge is 0.462 e. The van der Waals surface area contributed by atoms with E-state index in [4.69, 9.17) is 4.74 Å². The summed E-state index contributed by atoms with van der Waals surface area (Å²) in [7, 11) is 0. The minimum absolute atomic E-state index is 0.216. The predicted molar refractivity (Wildman–Crippen MR) is 110 cm³/mol. The average Bonchev–Trinajstić information content (AvgIpc) is 3.27. The zero-order chi connectivity index (χ0) is 21.3. The molecular formula is C21H21N3O5S. The van der Waals surface area contributed by atoms with E-state index in [2.05, 4.69) is 10.6 Å². The molecule has 0 unspecified atom stereocenters. The van der Waals surface area contributed by atoms with Crippen LogP contribution in [0.25, 0.3) is 0 Å². The third-order valence-corrected chi connectivity index (χ3v) is 6.20. The Kier molecular flexibility index (Phi) is 5.29.